The first-order chi connectivity index (χ1) is 6.99. The largest absolute Gasteiger partial charge is 0.481 e. The monoisotopic (exact) mass is 215 g/mol. The molecule has 1 aliphatic rings. The highest BCUT2D eigenvalue weighted by Gasteiger charge is 2.25. The van der Waals surface area contributed by atoms with Gasteiger partial charge in [0.15, 0.2) is 0 Å². The molecule has 5 heteroatoms. The van der Waals surface area contributed by atoms with E-state index in [4.69, 9.17) is 9.84 Å². The molecule has 1 amide bonds. The number of carboxylic acids is 1. The second kappa shape index (κ2) is 5.11. The third-order valence-corrected chi connectivity index (χ3v) is 2.33. The molecule has 0 radical (unpaired) electrons. The van der Waals surface area contributed by atoms with E-state index < -0.39 is 5.97 Å². The third kappa shape index (κ3) is 3.87. The summed E-state index contributed by atoms with van der Waals surface area (Å²) < 4.78 is 5.48. The number of carbonyl (C=O) groups is 2. The van der Waals surface area contributed by atoms with Gasteiger partial charge in [-0.3, -0.25) is 9.59 Å². The van der Waals surface area contributed by atoms with E-state index >= 15 is 0 Å². The molecule has 2 atom stereocenters. The van der Waals surface area contributed by atoms with E-state index in [2.05, 4.69) is 0 Å². The van der Waals surface area contributed by atoms with Gasteiger partial charge in [-0.2, -0.15) is 0 Å². The first-order valence-corrected chi connectivity index (χ1v) is 5.14. The zero-order chi connectivity index (χ0) is 11.4. The van der Waals surface area contributed by atoms with Gasteiger partial charge in [-0.05, 0) is 13.8 Å². The van der Waals surface area contributed by atoms with Crippen LogP contribution in [0.25, 0.3) is 0 Å². The smallest absolute Gasteiger partial charge is 0.303 e. The molecule has 0 aromatic heterocycles. The Balaban J connectivity index is 2.41. The zero-order valence-corrected chi connectivity index (χ0v) is 9.10. The SMILES string of the molecule is C[C@@H]1CN(C(=O)CCC(=O)O)C[C@H](C)O1. The summed E-state index contributed by atoms with van der Waals surface area (Å²) in [7, 11) is 0. The van der Waals surface area contributed by atoms with Crippen molar-refractivity contribution in [2.45, 2.75) is 38.9 Å². The van der Waals surface area contributed by atoms with E-state index in [9.17, 15) is 9.59 Å². The van der Waals surface area contributed by atoms with E-state index in [-0.39, 0.29) is 31.0 Å². The van der Waals surface area contributed by atoms with Crippen molar-refractivity contribution in [1.29, 1.82) is 0 Å². The first kappa shape index (κ1) is 12.0. The average molecular weight is 215 g/mol. The molecule has 15 heavy (non-hydrogen) atoms. The van der Waals surface area contributed by atoms with Gasteiger partial charge >= 0.3 is 5.97 Å². The van der Waals surface area contributed by atoms with Crippen LogP contribution in [0.4, 0.5) is 0 Å². The number of hydrogen-bond acceptors (Lipinski definition) is 3. The van der Waals surface area contributed by atoms with Gasteiger partial charge in [0.1, 0.15) is 0 Å². The molecular formula is C10H17NO4. The normalized spacial score (nSPS) is 26.4. The highest BCUT2D eigenvalue weighted by atomic mass is 16.5. The summed E-state index contributed by atoms with van der Waals surface area (Å²) >= 11 is 0. The van der Waals surface area contributed by atoms with Gasteiger partial charge in [-0.25, -0.2) is 0 Å². The summed E-state index contributed by atoms with van der Waals surface area (Å²) in [6, 6.07) is 0. The van der Waals surface area contributed by atoms with E-state index in [0.717, 1.165) is 0 Å². The molecule has 0 aromatic carbocycles. The summed E-state index contributed by atoms with van der Waals surface area (Å²) in [5.41, 5.74) is 0. The van der Waals surface area contributed by atoms with Crippen LogP contribution in [0.2, 0.25) is 0 Å². The molecule has 0 unspecified atom stereocenters. The van der Waals surface area contributed by atoms with Crippen LogP contribution in [-0.2, 0) is 14.3 Å². The standard InChI is InChI=1S/C10H17NO4/c1-7-5-11(6-8(2)15-7)9(12)3-4-10(13)14/h7-8H,3-6H2,1-2H3,(H,13,14)/t7-,8+. The Bertz CT molecular complexity index is 244. The lowest BCUT2D eigenvalue weighted by molar-refractivity contribution is -0.146. The van der Waals surface area contributed by atoms with Crippen LogP contribution >= 0.6 is 0 Å². The molecule has 1 rings (SSSR count). The number of carboxylic acid groups (broad SMARTS) is 1. The Kier molecular flexibility index (Phi) is 4.08. The van der Waals surface area contributed by atoms with Gasteiger partial charge in [0.2, 0.25) is 5.91 Å². The predicted molar refractivity (Wildman–Crippen MR) is 53.5 cm³/mol. The molecule has 1 fully saturated rings. The summed E-state index contributed by atoms with van der Waals surface area (Å²) in [6.45, 7) is 4.94. The van der Waals surface area contributed by atoms with Crippen LogP contribution < -0.4 is 0 Å². The molecule has 1 saturated heterocycles. The fourth-order valence-electron chi connectivity index (χ4n) is 1.75. The van der Waals surface area contributed by atoms with Gasteiger partial charge < -0.3 is 14.7 Å². The van der Waals surface area contributed by atoms with Crippen LogP contribution in [0.5, 0.6) is 0 Å². The molecule has 1 heterocycles. The topological polar surface area (TPSA) is 66.8 Å². The van der Waals surface area contributed by atoms with E-state index in [1.54, 1.807) is 4.90 Å². The second-order valence-corrected chi connectivity index (χ2v) is 3.95. The van der Waals surface area contributed by atoms with Crippen molar-refractivity contribution < 1.29 is 19.4 Å². The lowest BCUT2D eigenvalue weighted by atomic mass is 10.2. The lowest BCUT2D eigenvalue weighted by Crippen LogP contribution is -2.48. The molecule has 5 nitrogen and oxygen atoms in total. The minimum atomic E-state index is -0.933. The Hall–Kier alpha value is -1.10. The maximum absolute atomic E-state index is 11.6. The van der Waals surface area contributed by atoms with Crippen LogP contribution in [-0.4, -0.2) is 47.2 Å². The lowest BCUT2D eigenvalue weighted by Gasteiger charge is -2.35. The Morgan fingerprint density at radius 3 is 2.27 bits per heavy atom. The van der Waals surface area contributed by atoms with Crippen molar-refractivity contribution in [3.05, 3.63) is 0 Å². The van der Waals surface area contributed by atoms with Crippen LogP contribution in [0.15, 0.2) is 0 Å². The molecule has 0 aliphatic carbocycles. The van der Waals surface area contributed by atoms with E-state index in [1.807, 2.05) is 13.8 Å². The second-order valence-electron chi connectivity index (χ2n) is 3.95. The maximum Gasteiger partial charge on any atom is 0.303 e. The van der Waals surface area contributed by atoms with Crippen LogP contribution in [0.3, 0.4) is 0 Å². The molecule has 86 valence electrons. The van der Waals surface area contributed by atoms with Crippen molar-refractivity contribution in [1.82, 2.24) is 4.90 Å². The fourth-order valence-corrected chi connectivity index (χ4v) is 1.75. The molecular weight excluding hydrogens is 198 g/mol. The summed E-state index contributed by atoms with van der Waals surface area (Å²) in [5.74, 6) is -1.03. The summed E-state index contributed by atoms with van der Waals surface area (Å²) in [5, 5.41) is 8.47. The number of nitrogens with zero attached hydrogens (tertiary/aromatic N) is 1. The number of rotatable bonds is 3. The van der Waals surface area contributed by atoms with E-state index in [1.165, 1.54) is 0 Å². The number of ether oxygens (including phenoxy) is 1. The molecule has 0 spiro atoms. The molecule has 0 aromatic rings. The summed E-state index contributed by atoms with van der Waals surface area (Å²) in [4.78, 5) is 23.6. The van der Waals surface area contributed by atoms with Gasteiger partial charge in [-0.15, -0.1) is 0 Å². The Morgan fingerprint density at radius 2 is 1.80 bits per heavy atom. The van der Waals surface area contributed by atoms with Crippen molar-refractivity contribution in [3.63, 3.8) is 0 Å². The number of aliphatic carboxylic acids is 1. The van der Waals surface area contributed by atoms with Crippen molar-refractivity contribution in [3.8, 4) is 0 Å². The van der Waals surface area contributed by atoms with Crippen LogP contribution in [0.1, 0.15) is 26.7 Å². The van der Waals surface area contributed by atoms with Crippen molar-refractivity contribution in [2.24, 2.45) is 0 Å². The first-order valence-electron chi connectivity index (χ1n) is 5.14. The molecule has 1 N–H and O–H groups in total. The van der Waals surface area contributed by atoms with Crippen molar-refractivity contribution in [2.75, 3.05) is 13.1 Å². The zero-order valence-electron chi connectivity index (χ0n) is 9.10. The van der Waals surface area contributed by atoms with Gasteiger partial charge in [-0.1, -0.05) is 0 Å². The third-order valence-electron chi connectivity index (χ3n) is 2.33. The quantitative estimate of drug-likeness (QED) is 0.744. The number of carbonyl (C=O) groups excluding carboxylic acids is 1. The van der Waals surface area contributed by atoms with Crippen molar-refractivity contribution >= 4 is 11.9 Å². The molecule has 0 bridgehead atoms. The Labute approximate surface area is 89.0 Å². The average Bonchev–Trinajstić information content (AvgIpc) is 2.12. The highest BCUT2D eigenvalue weighted by molar-refractivity contribution is 5.80. The van der Waals surface area contributed by atoms with Crippen LogP contribution in [0, 0.1) is 0 Å². The maximum atomic E-state index is 11.6. The Morgan fingerprint density at radius 1 is 1.27 bits per heavy atom. The van der Waals surface area contributed by atoms with Gasteiger partial charge in [0.25, 0.3) is 0 Å². The summed E-state index contributed by atoms with van der Waals surface area (Å²) in [6.07, 6.45) is 0.0401. The highest BCUT2D eigenvalue weighted by Crippen LogP contribution is 2.12. The minimum absolute atomic E-state index is 0.0301. The molecule has 1 aliphatic heterocycles. The van der Waals surface area contributed by atoms with Gasteiger partial charge in [0.05, 0.1) is 18.6 Å². The number of amides is 1. The number of morpholine rings is 1. The predicted octanol–water partition coefficient (Wildman–Crippen LogP) is 0.487. The number of hydrogen-bond donors (Lipinski definition) is 1. The van der Waals surface area contributed by atoms with Gasteiger partial charge in [0, 0.05) is 19.5 Å². The van der Waals surface area contributed by atoms with E-state index in [0.29, 0.717) is 13.1 Å². The molecule has 0 saturated carbocycles. The fraction of sp³-hybridized carbons (Fsp3) is 0.800. The minimum Gasteiger partial charge on any atom is -0.481 e.